The van der Waals surface area contributed by atoms with Crippen LogP contribution in [0.25, 0.3) is 10.8 Å². The second-order valence-corrected chi connectivity index (χ2v) is 5.19. The van der Waals surface area contributed by atoms with Gasteiger partial charge in [-0.15, -0.1) is 0 Å². The molecule has 4 heteroatoms. The molecule has 0 amide bonds. The van der Waals surface area contributed by atoms with Crippen molar-refractivity contribution in [2.24, 2.45) is 0 Å². The third-order valence-corrected chi connectivity index (χ3v) is 3.57. The average molecular weight is 258 g/mol. The minimum atomic E-state index is -0.694. The average Bonchev–Trinajstić information content (AvgIpc) is 2.86. The van der Waals surface area contributed by atoms with Crippen LogP contribution in [0.2, 0.25) is 0 Å². The number of fused-ring (bicyclic) bond motifs is 1. The van der Waals surface area contributed by atoms with Gasteiger partial charge in [0, 0.05) is 43.9 Å². The summed E-state index contributed by atoms with van der Waals surface area (Å²) in [5.74, 6) is 0. The summed E-state index contributed by atoms with van der Waals surface area (Å²) >= 11 is 0. The number of ether oxygens (including phenoxy) is 1. The molecule has 1 aromatic heterocycles. The summed E-state index contributed by atoms with van der Waals surface area (Å²) in [5.41, 5.74) is 0.516. The third-order valence-electron chi connectivity index (χ3n) is 3.57. The predicted molar refractivity (Wildman–Crippen MR) is 73.8 cm³/mol. The summed E-state index contributed by atoms with van der Waals surface area (Å²) in [6, 6.07) is 8.33. The number of benzene rings is 1. The number of rotatable bonds is 4. The van der Waals surface area contributed by atoms with Crippen LogP contribution in [0.4, 0.5) is 0 Å². The van der Waals surface area contributed by atoms with E-state index in [2.05, 4.69) is 28.5 Å². The first-order valence-corrected chi connectivity index (χ1v) is 6.59. The molecule has 1 aromatic carbocycles. The molecule has 4 nitrogen and oxygen atoms in total. The van der Waals surface area contributed by atoms with Gasteiger partial charge < -0.3 is 15.2 Å². The zero-order valence-corrected chi connectivity index (χ0v) is 10.8. The van der Waals surface area contributed by atoms with Gasteiger partial charge in [0.1, 0.15) is 5.60 Å². The minimum Gasteiger partial charge on any atom is -0.386 e. The van der Waals surface area contributed by atoms with Crippen LogP contribution < -0.4 is 5.32 Å². The van der Waals surface area contributed by atoms with Crippen LogP contribution in [0.5, 0.6) is 0 Å². The van der Waals surface area contributed by atoms with Crippen LogP contribution in [0, 0.1) is 0 Å². The van der Waals surface area contributed by atoms with Crippen molar-refractivity contribution >= 4 is 10.8 Å². The number of hydrogen-bond donors (Lipinski definition) is 2. The molecule has 0 bridgehead atoms. The summed E-state index contributed by atoms with van der Waals surface area (Å²) in [5, 5.41) is 15.8. The maximum atomic E-state index is 10.1. The van der Waals surface area contributed by atoms with Crippen molar-refractivity contribution in [2.45, 2.75) is 18.6 Å². The predicted octanol–water partition coefficient (Wildman–Crippen LogP) is 1.48. The second kappa shape index (κ2) is 5.25. The fraction of sp³-hybridized carbons (Fsp3) is 0.400. The van der Waals surface area contributed by atoms with E-state index in [-0.39, 0.29) is 0 Å². The highest BCUT2D eigenvalue weighted by Gasteiger charge is 2.31. The summed E-state index contributed by atoms with van der Waals surface area (Å²) in [4.78, 5) is 4.10. The van der Waals surface area contributed by atoms with Crippen LogP contribution in [-0.4, -0.2) is 35.5 Å². The molecule has 100 valence electrons. The van der Waals surface area contributed by atoms with Crippen molar-refractivity contribution in [1.29, 1.82) is 0 Å². The summed E-state index contributed by atoms with van der Waals surface area (Å²) in [6.07, 6.45) is 4.38. The lowest BCUT2D eigenvalue weighted by Crippen LogP contribution is -2.40. The maximum Gasteiger partial charge on any atom is 0.102 e. The minimum absolute atomic E-state index is 0.434. The van der Waals surface area contributed by atoms with Crippen molar-refractivity contribution in [3.8, 4) is 0 Å². The second-order valence-electron chi connectivity index (χ2n) is 5.19. The van der Waals surface area contributed by atoms with Crippen LogP contribution in [0.3, 0.4) is 0 Å². The molecule has 1 aliphatic rings. The molecule has 3 rings (SSSR count). The molecule has 1 aliphatic heterocycles. The van der Waals surface area contributed by atoms with Gasteiger partial charge in [0.15, 0.2) is 0 Å². The lowest BCUT2D eigenvalue weighted by molar-refractivity contribution is 0.0268. The first-order valence-electron chi connectivity index (χ1n) is 6.59. The number of pyridine rings is 1. The Labute approximate surface area is 112 Å². The monoisotopic (exact) mass is 258 g/mol. The van der Waals surface area contributed by atoms with Crippen molar-refractivity contribution in [3.63, 3.8) is 0 Å². The normalized spacial score (nSPS) is 23.0. The van der Waals surface area contributed by atoms with Gasteiger partial charge >= 0.3 is 0 Å². The fourth-order valence-electron chi connectivity index (χ4n) is 2.42. The van der Waals surface area contributed by atoms with E-state index >= 15 is 0 Å². The molecule has 0 saturated carbocycles. The Morgan fingerprint density at radius 3 is 3.11 bits per heavy atom. The molecular formula is C15H18N2O2. The highest BCUT2D eigenvalue weighted by atomic mass is 16.5. The Balaban J connectivity index is 1.62. The van der Waals surface area contributed by atoms with Crippen molar-refractivity contribution in [2.75, 3.05) is 19.8 Å². The topological polar surface area (TPSA) is 54.4 Å². The molecule has 0 aliphatic carbocycles. The van der Waals surface area contributed by atoms with Crippen LogP contribution in [-0.2, 0) is 11.3 Å². The van der Waals surface area contributed by atoms with Crippen molar-refractivity contribution < 1.29 is 9.84 Å². The van der Waals surface area contributed by atoms with E-state index in [1.54, 1.807) is 6.20 Å². The largest absolute Gasteiger partial charge is 0.386 e. The Bertz CT molecular complexity index is 565. The van der Waals surface area contributed by atoms with E-state index < -0.39 is 5.60 Å². The van der Waals surface area contributed by atoms with Gasteiger partial charge in [0.05, 0.1) is 6.61 Å². The molecule has 1 fully saturated rings. The maximum absolute atomic E-state index is 10.1. The summed E-state index contributed by atoms with van der Waals surface area (Å²) in [7, 11) is 0. The van der Waals surface area contributed by atoms with E-state index in [9.17, 15) is 5.11 Å². The van der Waals surface area contributed by atoms with Crippen molar-refractivity contribution in [1.82, 2.24) is 10.3 Å². The van der Waals surface area contributed by atoms with Crippen molar-refractivity contribution in [3.05, 3.63) is 42.2 Å². The van der Waals surface area contributed by atoms with E-state index in [0.717, 1.165) is 11.9 Å². The number of nitrogens with zero attached hydrogens (tertiary/aromatic N) is 1. The van der Waals surface area contributed by atoms with Crippen LogP contribution >= 0.6 is 0 Å². The molecule has 1 atom stereocenters. The first-order chi connectivity index (χ1) is 9.25. The zero-order chi connectivity index (χ0) is 13.1. The molecule has 19 heavy (non-hydrogen) atoms. The van der Waals surface area contributed by atoms with E-state index in [1.807, 2.05) is 12.3 Å². The molecule has 1 unspecified atom stereocenters. The van der Waals surface area contributed by atoms with E-state index in [0.29, 0.717) is 26.2 Å². The number of aliphatic hydroxyl groups is 1. The van der Waals surface area contributed by atoms with Crippen LogP contribution in [0.1, 0.15) is 12.0 Å². The molecular weight excluding hydrogens is 240 g/mol. The summed E-state index contributed by atoms with van der Waals surface area (Å²) < 4.78 is 5.22. The first kappa shape index (κ1) is 12.5. The van der Waals surface area contributed by atoms with Gasteiger partial charge in [-0.25, -0.2) is 0 Å². The summed E-state index contributed by atoms with van der Waals surface area (Å²) in [6.45, 7) is 2.41. The third kappa shape index (κ3) is 2.92. The molecule has 1 saturated heterocycles. The van der Waals surface area contributed by atoms with Gasteiger partial charge in [0.2, 0.25) is 0 Å². The van der Waals surface area contributed by atoms with E-state index in [4.69, 9.17) is 4.74 Å². The number of aromatic nitrogens is 1. The molecule has 2 heterocycles. The van der Waals surface area contributed by atoms with Gasteiger partial charge in [-0.2, -0.15) is 0 Å². The number of nitrogens with one attached hydrogen (secondary N) is 1. The zero-order valence-electron chi connectivity index (χ0n) is 10.8. The Hall–Kier alpha value is -1.49. The van der Waals surface area contributed by atoms with Crippen LogP contribution in [0.15, 0.2) is 36.7 Å². The molecule has 0 spiro atoms. The lowest BCUT2D eigenvalue weighted by atomic mass is 10.0. The smallest absolute Gasteiger partial charge is 0.102 e. The quantitative estimate of drug-likeness (QED) is 0.872. The van der Waals surface area contributed by atoms with Gasteiger partial charge in [-0.1, -0.05) is 12.1 Å². The standard InChI is InChI=1S/C15H18N2O2/c18-15(4-6-19-11-15)10-17-8-12-1-2-14-9-16-5-3-13(14)7-12/h1-3,5,7,9,17-18H,4,6,8,10-11H2. The molecule has 2 N–H and O–H groups in total. The molecule has 0 radical (unpaired) electrons. The Morgan fingerprint density at radius 2 is 2.26 bits per heavy atom. The Morgan fingerprint density at radius 1 is 1.32 bits per heavy atom. The highest BCUT2D eigenvalue weighted by molar-refractivity contribution is 5.81. The molecule has 2 aromatic rings. The van der Waals surface area contributed by atoms with Gasteiger partial charge in [-0.3, -0.25) is 4.98 Å². The van der Waals surface area contributed by atoms with E-state index in [1.165, 1.54) is 10.9 Å². The Kier molecular flexibility index (Phi) is 3.46. The fourth-order valence-corrected chi connectivity index (χ4v) is 2.42. The SMILES string of the molecule is OC1(CNCc2ccc3cnccc3c2)CCOC1. The van der Waals surface area contributed by atoms with Gasteiger partial charge in [0.25, 0.3) is 0 Å². The lowest BCUT2D eigenvalue weighted by Gasteiger charge is -2.20. The highest BCUT2D eigenvalue weighted by Crippen LogP contribution is 2.18. The van der Waals surface area contributed by atoms with Gasteiger partial charge in [-0.05, 0) is 23.1 Å². The number of hydrogen-bond acceptors (Lipinski definition) is 4.